The maximum absolute atomic E-state index is 13.8. The van der Waals surface area contributed by atoms with Crippen molar-refractivity contribution in [2.45, 2.75) is 87.6 Å². The Balaban J connectivity index is 1.51. The van der Waals surface area contributed by atoms with Gasteiger partial charge in [0.25, 0.3) is 0 Å². The van der Waals surface area contributed by atoms with Crippen LogP contribution in [0.2, 0.25) is 0 Å². The van der Waals surface area contributed by atoms with E-state index < -0.39 is 47.2 Å². The molecule has 11 nitrogen and oxygen atoms in total. The maximum atomic E-state index is 13.8. The first kappa shape index (κ1) is 28.7. The number of hydroxylamine groups is 2. The van der Waals surface area contributed by atoms with Crippen LogP contribution in [0.3, 0.4) is 0 Å². The summed E-state index contributed by atoms with van der Waals surface area (Å²) in [6, 6.07) is 3.90. The third-order valence-electron chi connectivity index (χ3n) is 8.26. The number of methoxy groups -OCH3 is 2. The van der Waals surface area contributed by atoms with Crippen LogP contribution >= 0.6 is 0 Å². The predicted molar refractivity (Wildman–Crippen MR) is 140 cm³/mol. The molecule has 0 amide bonds. The van der Waals surface area contributed by atoms with Crippen molar-refractivity contribution in [3.8, 4) is 11.5 Å². The summed E-state index contributed by atoms with van der Waals surface area (Å²) in [6.45, 7) is 4.87. The van der Waals surface area contributed by atoms with Gasteiger partial charge in [-0.1, -0.05) is 0 Å². The van der Waals surface area contributed by atoms with Gasteiger partial charge in [0.15, 0.2) is 23.2 Å². The minimum atomic E-state index is -2.16. The fourth-order valence-corrected chi connectivity index (χ4v) is 6.26. The van der Waals surface area contributed by atoms with Gasteiger partial charge in [0, 0.05) is 13.1 Å². The third-order valence-corrected chi connectivity index (χ3v) is 8.26. The number of hydrogen-bond acceptors (Lipinski definition) is 11. The number of nitrogens with zero attached hydrogens (tertiary/aromatic N) is 1. The van der Waals surface area contributed by atoms with E-state index in [2.05, 4.69) is 0 Å². The molecule has 2 N–H and O–H groups in total. The smallest absolute Gasteiger partial charge is 0.339 e. The van der Waals surface area contributed by atoms with E-state index in [0.717, 1.165) is 24.1 Å². The SMILES string of the molecule is COC(=O)C[C@](O)(CCCC(C)(C)O)C(=O)O[C@@H]1C(OC)=C[C@@]23CCCN(CCc4cc5c(cc4[C@H]12)OCO5)O3. The Morgan fingerprint density at radius 1 is 1.12 bits per heavy atom. The number of aliphatic hydroxyl groups is 2. The van der Waals surface area contributed by atoms with Crippen molar-refractivity contribution >= 4 is 11.9 Å². The Labute approximate surface area is 233 Å². The number of rotatable bonds is 9. The standard InChI is InChI=1S/C29H39NO10/c1-27(2,33)8-5-9-28(34,16-23(31)36-4)26(32)39-25-22(35-3)15-29-10-6-11-30(40-29)12-7-18-13-20-21(38-17-37-20)14-19(18)24(25)29/h13-15,24-25,33-34H,5-12,16-17H2,1-4H3/t24-,25-,28-,29+/m1/s1. The van der Waals surface area contributed by atoms with Crippen LogP contribution in [0.15, 0.2) is 24.0 Å². The van der Waals surface area contributed by atoms with Crippen LogP contribution < -0.4 is 9.47 Å². The van der Waals surface area contributed by atoms with Crippen molar-refractivity contribution in [2.24, 2.45) is 0 Å². The summed E-state index contributed by atoms with van der Waals surface area (Å²) in [4.78, 5) is 32.6. The van der Waals surface area contributed by atoms with Crippen molar-refractivity contribution < 1.29 is 48.3 Å². The number of esters is 2. The molecule has 220 valence electrons. The van der Waals surface area contributed by atoms with Crippen LogP contribution in [-0.4, -0.2) is 84.2 Å². The highest BCUT2D eigenvalue weighted by atomic mass is 16.7. The predicted octanol–water partition coefficient (Wildman–Crippen LogP) is 2.51. The number of fused-ring (bicyclic) bond motifs is 4. The van der Waals surface area contributed by atoms with E-state index in [0.29, 0.717) is 43.1 Å². The second-order valence-electron chi connectivity index (χ2n) is 11.7. The van der Waals surface area contributed by atoms with Crippen molar-refractivity contribution in [3.63, 3.8) is 0 Å². The Hall–Kier alpha value is -2.86. The Bertz CT molecular complexity index is 1180. The minimum Gasteiger partial charge on any atom is -0.497 e. The second-order valence-corrected chi connectivity index (χ2v) is 11.7. The van der Waals surface area contributed by atoms with Crippen molar-refractivity contribution in [1.82, 2.24) is 5.06 Å². The van der Waals surface area contributed by atoms with Crippen LogP contribution in [0.25, 0.3) is 0 Å². The molecule has 5 atom stereocenters. The van der Waals surface area contributed by atoms with Gasteiger partial charge in [-0.3, -0.25) is 9.63 Å². The van der Waals surface area contributed by atoms with Gasteiger partial charge in [0.05, 0.1) is 32.2 Å². The van der Waals surface area contributed by atoms with Crippen LogP contribution in [0.5, 0.6) is 11.5 Å². The summed E-state index contributed by atoms with van der Waals surface area (Å²) in [7, 11) is 2.70. The quantitative estimate of drug-likeness (QED) is 0.431. The molecule has 0 aromatic heterocycles. The molecule has 11 heteroatoms. The molecule has 2 bridgehead atoms. The lowest BCUT2D eigenvalue weighted by Gasteiger charge is -2.45. The molecular weight excluding hydrogens is 522 g/mol. The summed E-state index contributed by atoms with van der Waals surface area (Å²) < 4.78 is 28.0. The third kappa shape index (κ3) is 5.52. The molecule has 1 aromatic rings. The fourth-order valence-electron chi connectivity index (χ4n) is 6.26. The van der Waals surface area contributed by atoms with E-state index in [-0.39, 0.29) is 19.6 Å². The van der Waals surface area contributed by atoms with Gasteiger partial charge in [-0.2, -0.15) is 5.06 Å². The van der Waals surface area contributed by atoms with Crippen LogP contribution in [0.1, 0.15) is 69.4 Å². The molecule has 1 fully saturated rings. The zero-order chi connectivity index (χ0) is 28.7. The molecule has 3 heterocycles. The largest absolute Gasteiger partial charge is 0.497 e. The first-order valence-corrected chi connectivity index (χ1v) is 13.8. The van der Waals surface area contributed by atoms with Gasteiger partial charge in [-0.05, 0) is 81.7 Å². The molecule has 0 saturated carbocycles. The van der Waals surface area contributed by atoms with Gasteiger partial charge in [0.2, 0.25) is 6.79 Å². The summed E-state index contributed by atoms with van der Waals surface area (Å²) in [5.41, 5.74) is -2.09. The lowest BCUT2D eigenvalue weighted by molar-refractivity contribution is -0.265. The summed E-state index contributed by atoms with van der Waals surface area (Å²) >= 11 is 0. The highest BCUT2D eigenvalue weighted by molar-refractivity contribution is 5.86. The summed E-state index contributed by atoms with van der Waals surface area (Å²) in [5, 5.41) is 23.6. The van der Waals surface area contributed by atoms with Gasteiger partial charge < -0.3 is 33.9 Å². The Kier molecular flexibility index (Phi) is 7.77. The van der Waals surface area contributed by atoms with Gasteiger partial charge in [-0.25, -0.2) is 4.79 Å². The lowest BCUT2D eigenvalue weighted by Crippen LogP contribution is -2.52. The average molecular weight is 562 g/mol. The molecule has 1 unspecified atom stereocenters. The fraction of sp³-hybridized carbons (Fsp3) is 0.655. The average Bonchev–Trinajstić information content (AvgIpc) is 3.46. The molecule has 4 aliphatic rings. The molecule has 40 heavy (non-hydrogen) atoms. The van der Waals surface area contributed by atoms with Crippen LogP contribution in [-0.2, 0) is 35.1 Å². The van der Waals surface area contributed by atoms with E-state index in [1.807, 2.05) is 23.3 Å². The maximum Gasteiger partial charge on any atom is 0.339 e. The normalized spacial score (nSPS) is 28.2. The Morgan fingerprint density at radius 2 is 1.88 bits per heavy atom. The number of carbonyl (C=O) groups excluding carboxylic acids is 2. The Morgan fingerprint density at radius 3 is 2.58 bits per heavy atom. The van der Waals surface area contributed by atoms with E-state index in [9.17, 15) is 19.8 Å². The molecule has 1 aliphatic carbocycles. The number of carbonyl (C=O) groups is 2. The van der Waals surface area contributed by atoms with Crippen LogP contribution in [0.4, 0.5) is 0 Å². The zero-order valence-electron chi connectivity index (χ0n) is 23.6. The molecule has 3 aliphatic heterocycles. The van der Waals surface area contributed by atoms with E-state index >= 15 is 0 Å². The lowest BCUT2D eigenvalue weighted by atomic mass is 9.76. The molecule has 1 spiro atoms. The zero-order valence-corrected chi connectivity index (χ0v) is 23.6. The molecular formula is C29H39NO10. The van der Waals surface area contributed by atoms with Crippen molar-refractivity contribution in [1.29, 1.82) is 0 Å². The van der Waals surface area contributed by atoms with Gasteiger partial charge >= 0.3 is 11.9 Å². The number of ether oxygens (including phenoxy) is 5. The molecule has 1 aromatic carbocycles. The first-order chi connectivity index (χ1) is 19.0. The molecule has 5 rings (SSSR count). The first-order valence-electron chi connectivity index (χ1n) is 13.8. The molecule has 1 saturated heterocycles. The van der Waals surface area contributed by atoms with Crippen molar-refractivity contribution in [2.75, 3.05) is 34.1 Å². The van der Waals surface area contributed by atoms with Crippen molar-refractivity contribution in [3.05, 3.63) is 35.1 Å². The van der Waals surface area contributed by atoms with Crippen LogP contribution in [0, 0.1) is 0 Å². The summed E-state index contributed by atoms with van der Waals surface area (Å²) in [6.07, 6.45) is 3.08. The van der Waals surface area contributed by atoms with Gasteiger partial charge in [-0.15, -0.1) is 0 Å². The minimum absolute atomic E-state index is 0.0982. The van der Waals surface area contributed by atoms with E-state index in [4.69, 9.17) is 28.5 Å². The number of benzene rings is 1. The summed E-state index contributed by atoms with van der Waals surface area (Å²) in [5.74, 6) is -0.536. The highest BCUT2D eigenvalue weighted by Gasteiger charge is 2.57. The van der Waals surface area contributed by atoms with E-state index in [1.54, 1.807) is 13.8 Å². The van der Waals surface area contributed by atoms with E-state index in [1.165, 1.54) is 14.2 Å². The highest BCUT2D eigenvalue weighted by Crippen LogP contribution is 2.53. The molecule has 0 radical (unpaired) electrons. The second kappa shape index (κ2) is 10.8. The topological polar surface area (TPSA) is 133 Å². The van der Waals surface area contributed by atoms with Gasteiger partial charge in [0.1, 0.15) is 11.4 Å². The number of hydrogen-bond donors (Lipinski definition) is 2. The monoisotopic (exact) mass is 561 g/mol.